The normalized spacial score (nSPS) is 18.8. The molecule has 2 fully saturated rings. The number of amides is 1. The van der Waals surface area contributed by atoms with Gasteiger partial charge in [-0.15, -0.1) is 0 Å². The summed E-state index contributed by atoms with van der Waals surface area (Å²) in [5, 5.41) is 14.9. The summed E-state index contributed by atoms with van der Waals surface area (Å²) in [6, 6.07) is 17.6. The van der Waals surface area contributed by atoms with E-state index in [9.17, 15) is 9.59 Å². The van der Waals surface area contributed by atoms with Gasteiger partial charge in [-0.05, 0) is 85.7 Å². The third-order valence-electron chi connectivity index (χ3n) is 9.30. The van der Waals surface area contributed by atoms with Crippen LogP contribution in [-0.2, 0) is 34.0 Å². The van der Waals surface area contributed by atoms with Gasteiger partial charge in [0.25, 0.3) is 0 Å². The van der Waals surface area contributed by atoms with Crippen molar-refractivity contribution >= 4 is 33.7 Å². The molecule has 4 aromatic rings. The molecule has 2 aromatic carbocycles. The smallest absolute Gasteiger partial charge is 0.303 e. The summed E-state index contributed by atoms with van der Waals surface area (Å²) in [4.78, 5) is 27.6. The van der Waals surface area contributed by atoms with E-state index in [4.69, 9.17) is 9.84 Å². The van der Waals surface area contributed by atoms with Gasteiger partial charge in [-0.1, -0.05) is 30.3 Å². The zero-order chi connectivity index (χ0) is 29.8. The highest BCUT2D eigenvalue weighted by atomic mass is 16.5. The fraction of sp³-hybridized carbons (Fsp3) is 0.486. The van der Waals surface area contributed by atoms with Gasteiger partial charge in [-0.25, -0.2) is 0 Å². The molecule has 6 rings (SSSR count). The van der Waals surface area contributed by atoms with Gasteiger partial charge < -0.3 is 29.2 Å². The summed E-state index contributed by atoms with van der Waals surface area (Å²) < 4.78 is 9.84. The number of rotatable bonds is 14. The van der Waals surface area contributed by atoms with E-state index in [-0.39, 0.29) is 24.2 Å². The van der Waals surface area contributed by atoms with Crippen molar-refractivity contribution in [3.05, 3.63) is 72.1 Å². The van der Waals surface area contributed by atoms with E-state index < -0.39 is 5.97 Å². The molecule has 1 aliphatic carbocycles. The maximum Gasteiger partial charge on any atom is 0.303 e. The number of nitrogens with zero attached hydrogens (tertiary/aromatic N) is 3. The summed E-state index contributed by atoms with van der Waals surface area (Å²) in [5.74, 6) is -0.430. The molecular weight excluding hydrogens is 540 g/mol. The molecule has 2 aliphatic rings. The van der Waals surface area contributed by atoms with Crippen LogP contribution < -0.4 is 5.32 Å². The summed E-state index contributed by atoms with van der Waals surface area (Å²) in [6.07, 6.45) is 10.1. The second kappa shape index (κ2) is 13.3. The summed E-state index contributed by atoms with van der Waals surface area (Å²) >= 11 is 0. The van der Waals surface area contributed by atoms with Gasteiger partial charge in [0, 0.05) is 81.2 Å². The summed E-state index contributed by atoms with van der Waals surface area (Å²) in [6.45, 7) is 4.66. The van der Waals surface area contributed by atoms with E-state index in [0.29, 0.717) is 25.6 Å². The summed E-state index contributed by atoms with van der Waals surface area (Å²) in [7, 11) is 1.74. The molecule has 8 nitrogen and oxygen atoms in total. The molecule has 0 bridgehead atoms. The number of carboxylic acid groups (broad SMARTS) is 1. The van der Waals surface area contributed by atoms with Crippen LogP contribution in [0.15, 0.2) is 60.9 Å². The predicted molar refractivity (Wildman–Crippen MR) is 169 cm³/mol. The Kier molecular flexibility index (Phi) is 9.14. The van der Waals surface area contributed by atoms with E-state index in [1.165, 1.54) is 27.4 Å². The highest BCUT2D eigenvalue weighted by molar-refractivity contribution is 5.86. The summed E-state index contributed by atoms with van der Waals surface area (Å²) in [5.41, 5.74) is 4.82. The second-order valence-corrected chi connectivity index (χ2v) is 12.3. The number of piperidine rings is 1. The topological polar surface area (TPSA) is 88.7 Å². The number of aromatic nitrogens is 2. The zero-order valence-corrected chi connectivity index (χ0v) is 25.2. The number of aryl methyl sites for hydroxylation is 2. The van der Waals surface area contributed by atoms with Gasteiger partial charge in [-0.2, -0.15) is 0 Å². The van der Waals surface area contributed by atoms with Crippen LogP contribution in [-0.4, -0.2) is 63.9 Å². The molecule has 0 radical (unpaired) electrons. The number of fused-ring (bicyclic) bond motifs is 2. The van der Waals surface area contributed by atoms with Crippen molar-refractivity contribution in [1.29, 1.82) is 0 Å². The molecule has 0 spiro atoms. The highest BCUT2D eigenvalue weighted by Crippen LogP contribution is 2.38. The Hall–Kier alpha value is -3.62. The Bertz CT molecular complexity index is 1570. The van der Waals surface area contributed by atoms with Crippen molar-refractivity contribution in [2.75, 3.05) is 26.8 Å². The number of hydrogen-bond acceptors (Lipinski definition) is 4. The number of ether oxygens (including phenoxy) is 1. The molecule has 1 amide bonds. The molecule has 0 unspecified atom stereocenters. The van der Waals surface area contributed by atoms with Crippen LogP contribution in [0.1, 0.15) is 62.0 Å². The van der Waals surface area contributed by atoms with Crippen molar-refractivity contribution in [3.63, 3.8) is 0 Å². The van der Waals surface area contributed by atoms with Crippen LogP contribution in [0.4, 0.5) is 0 Å². The minimum Gasteiger partial charge on any atom is -0.481 e. The molecule has 2 atom stereocenters. The number of benzene rings is 2. The SMILES string of the molecule is COCCCn1cc(CN(C(=O)[C@H]2CNCC[C@@H]2c2ccc3ccn(CCCCC(=O)O)c3c2)C2CC2)c2ccccc21. The average molecular weight is 585 g/mol. The molecule has 1 saturated carbocycles. The lowest BCUT2D eigenvalue weighted by Crippen LogP contribution is -2.47. The predicted octanol–water partition coefficient (Wildman–Crippen LogP) is 5.77. The van der Waals surface area contributed by atoms with Crippen LogP contribution in [0.5, 0.6) is 0 Å². The lowest BCUT2D eigenvalue weighted by atomic mass is 9.80. The van der Waals surface area contributed by atoms with E-state index in [1.807, 2.05) is 0 Å². The molecule has 8 heteroatoms. The van der Waals surface area contributed by atoms with Gasteiger partial charge in [0.15, 0.2) is 0 Å². The average Bonchev–Trinajstić information content (AvgIpc) is 3.70. The Morgan fingerprint density at radius 2 is 1.84 bits per heavy atom. The molecule has 228 valence electrons. The minimum atomic E-state index is -0.741. The molecule has 1 aliphatic heterocycles. The number of methoxy groups -OCH3 is 1. The molecule has 3 heterocycles. The van der Waals surface area contributed by atoms with Crippen LogP contribution in [0.3, 0.4) is 0 Å². The van der Waals surface area contributed by atoms with Crippen molar-refractivity contribution in [2.45, 2.75) is 76.5 Å². The number of para-hydroxylation sites is 1. The molecule has 1 saturated heterocycles. The van der Waals surface area contributed by atoms with E-state index in [1.54, 1.807) is 7.11 Å². The minimum absolute atomic E-state index is 0.110. The molecular formula is C35H44N4O4. The van der Waals surface area contributed by atoms with Crippen LogP contribution >= 0.6 is 0 Å². The number of carbonyl (C=O) groups excluding carboxylic acids is 1. The van der Waals surface area contributed by atoms with Crippen molar-refractivity contribution < 1.29 is 19.4 Å². The van der Waals surface area contributed by atoms with Crippen molar-refractivity contribution in [1.82, 2.24) is 19.4 Å². The third kappa shape index (κ3) is 6.65. The zero-order valence-electron chi connectivity index (χ0n) is 25.2. The van der Waals surface area contributed by atoms with Gasteiger partial charge in [-0.3, -0.25) is 9.59 Å². The quantitative estimate of drug-likeness (QED) is 0.184. The second-order valence-electron chi connectivity index (χ2n) is 12.3. The van der Waals surface area contributed by atoms with Gasteiger partial charge in [0.1, 0.15) is 0 Å². The van der Waals surface area contributed by atoms with Crippen molar-refractivity contribution in [2.24, 2.45) is 5.92 Å². The lowest BCUT2D eigenvalue weighted by Gasteiger charge is -2.36. The first-order chi connectivity index (χ1) is 21.0. The monoisotopic (exact) mass is 584 g/mol. The standard InChI is InChI=1S/C35H44N4O4/c1-43-20-6-18-38-23-27(30-7-2-3-8-32(30)38)24-39(28-12-13-28)35(42)31-22-36-16-14-29(31)26-11-10-25-15-19-37(33(25)21-26)17-5-4-9-34(40)41/h2-3,7-8,10-11,15,19,21,23,28-29,31,36H,4-6,9,12-14,16-18,20,22,24H2,1H3,(H,40,41)/t29-,31+/m1/s1. The van der Waals surface area contributed by atoms with Gasteiger partial charge in [0.05, 0.1) is 5.92 Å². The first-order valence-electron chi connectivity index (χ1n) is 15.9. The maximum atomic E-state index is 14.4. The van der Waals surface area contributed by atoms with Gasteiger partial charge in [0.2, 0.25) is 5.91 Å². The van der Waals surface area contributed by atoms with Crippen LogP contribution in [0, 0.1) is 5.92 Å². The van der Waals surface area contributed by atoms with Gasteiger partial charge >= 0.3 is 5.97 Å². The number of carboxylic acids is 1. The molecule has 43 heavy (non-hydrogen) atoms. The number of aliphatic carboxylic acids is 1. The number of carbonyl (C=O) groups is 2. The van der Waals surface area contributed by atoms with Crippen molar-refractivity contribution in [3.8, 4) is 0 Å². The Morgan fingerprint density at radius 1 is 1.00 bits per heavy atom. The first kappa shape index (κ1) is 29.5. The number of unbranched alkanes of at least 4 members (excludes halogenated alkanes) is 1. The molecule has 2 N–H and O–H groups in total. The highest BCUT2D eigenvalue weighted by Gasteiger charge is 2.40. The van der Waals surface area contributed by atoms with E-state index in [0.717, 1.165) is 63.9 Å². The Balaban J connectivity index is 1.23. The third-order valence-corrected chi connectivity index (χ3v) is 9.30. The lowest BCUT2D eigenvalue weighted by molar-refractivity contribution is -0.138. The fourth-order valence-electron chi connectivity index (χ4n) is 6.88. The molecule has 2 aromatic heterocycles. The fourth-order valence-corrected chi connectivity index (χ4v) is 6.88. The van der Waals surface area contributed by atoms with E-state index >= 15 is 0 Å². The maximum absolute atomic E-state index is 14.4. The first-order valence-corrected chi connectivity index (χ1v) is 15.9. The van der Waals surface area contributed by atoms with E-state index in [2.05, 4.69) is 80.3 Å². The largest absolute Gasteiger partial charge is 0.481 e. The number of hydrogen-bond donors (Lipinski definition) is 2. The number of nitrogens with one attached hydrogen (secondary N) is 1. The Labute approximate surface area is 253 Å². The van der Waals surface area contributed by atoms with Crippen LogP contribution in [0.2, 0.25) is 0 Å². The Morgan fingerprint density at radius 3 is 2.65 bits per heavy atom. The van der Waals surface area contributed by atoms with Crippen LogP contribution in [0.25, 0.3) is 21.8 Å².